The first kappa shape index (κ1) is 14.1. The molecule has 1 aromatic carbocycles. The number of aromatic nitrogens is 2. The Kier molecular flexibility index (Phi) is 3.49. The zero-order valence-corrected chi connectivity index (χ0v) is 11.9. The lowest BCUT2D eigenvalue weighted by Crippen LogP contribution is -2.25. The van der Waals surface area contributed by atoms with Crippen LogP contribution in [0.15, 0.2) is 12.1 Å². The van der Waals surface area contributed by atoms with E-state index in [-0.39, 0.29) is 11.6 Å². The quantitative estimate of drug-likeness (QED) is 0.863. The van der Waals surface area contributed by atoms with Crippen LogP contribution in [0.25, 0.3) is 5.69 Å². The van der Waals surface area contributed by atoms with Gasteiger partial charge in [0.15, 0.2) is 17.5 Å². The van der Waals surface area contributed by atoms with E-state index < -0.39 is 17.5 Å². The van der Waals surface area contributed by atoms with Crippen molar-refractivity contribution in [3.63, 3.8) is 0 Å². The molecule has 0 unspecified atom stereocenters. The van der Waals surface area contributed by atoms with E-state index in [0.717, 1.165) is 24.0 Å². The summed E-state index contributed by atoms with van der Waals surface area (Å²) in [6.45, 7) is 5.24. The minimum Gasteiger partial charge on any atom is -0.311 e. The Morgan fingerprint density at radius 1 is 1.19 bits per heavy atom. The van der Waals surface area contributed by atoms with Crippen molar-refractivity contribution in [2.45, 2.75) is 32.7 Å². The van der Waals surface area contributed by atoms with Gasteiger partial charge in [-0.2, -0.15) is 0 Å². The molecule has 112 valence electrons. The summed E-state index contributed by atoms with van der Waals surface area (Å²) >= 11 is 0. The summed E-state index contributed by atoms with van der Waals surface area (Å²) in [6.07, 6.45) is 0.674. The third-order valence-corrected chi connectivity index (χ3v) is 3.68. The minimum atomic E-state index is -1.45. The second-order valence-corrected chi connectivity index (χ2v) is 5.47. The van der Waals surface area contributed by atoms with Gasteiger partial charge in [-0.3, -0.25) is 4.57 Å². The average Bonchev–Trinajstić information content (AvgIpc) is 2.85. The summed E-state index contributed by atoms with van der Waals surface area (Å²) in [6, 6.07) is 2.22. The normalized spacial score (nSPS) is 14.6. The van der Waals surface area contributed by atoms with Gasteiger partial charge in [-0.05, 0) is 12.1 Å². The van der Waals surface area contributed by atoms with Crippen molar-refractivity contribution in [1.29, 1.82) is 0 Å². The predicted molar refractivity (Wildman–Crippen MR) is 72.9 cm³/mol. The molecule has 0 radical (unpaired) electrons. The Morgan fingerprint density at radius 2 is 1.95 bits per heavy atom. The van der Waals surface area contributed by atoms with E-state index in [1.807, 2.05) is 13.8 Å². The van der Waals surface area contributed by atoms with E-state index in [4.69, 9.17) is 0 Å². The SMILES string of the molecule is CC(C)c1nc2c(n1-c1ccc(F)c(F)c1F)CCNC2. The lowest BCUT2D eigenvalue weighted by molar-refractivity contribution is 0.443. The second-order valence-electron chi connectivity index (χ2n) is 5.47. The molecular weight excluding hydrogens is 279 g/mol. The van der Waals surface area contributed by atoms with Gasteiger partial charge in [-0.15, -0.1) is 0 Å². The van der Waals surface area contributed by atoms with Gasteiger partial charge in [0.1, 0.15) is 5.82 Å². The molecule has 6 heteroatoms. The van der Waals surface area contributed by atoms with Crippen LogP contribution in [-0.4, -0.2) is 16.1 Å². The highest BCUT2D eigenvalue weighted by Gasteiger charge is 2.25. The van der Waals surface area contributed by atoms with Gasteiger partial charge in [0.2, 0.25) is 0 Å². The number of halogens is 3. The Morgan fingerprint density at radius 3 is 2.67 bits per heavy atom. The molecule has 1 aliphatic heterocycles. The topological polar surface area (TPSA) is 29.9 Å². The van der Waals surface area contributed by atoms with E-state index in [0.29, 0.717) is 18.8 Å². The Balaban J connectivity index is 2.26. The fourth-order valence-corrected chi connectivity index (χ4v) is 2.68. The summed E-state index contributed by atoms with van der Waals surface area (Å²) in [5.41, 5.74) is 1.73. The Bertz CT molecular complexity index is 692. The van der Waals surface area contributed by atoms with Gasteiger partial charge in [0, 0.05) is 31.1 Å². The van der Waals surface area contributed by atoms with E-state index in [9.17, 15) is 13.2 Å². The molecule has 0 spiro atoms. The number of nitrogens with one attached hydrogen (secondary N) is 1. The number of hydrogen-bond acceptors (Lipinski definition) is 2. The van der Waals surface area contributed by atoms with Gasteiger partial charge in [0.25, 0.3) is 0 Å². The van der Waals surface area contributed by atoms with Crippen LogP contribution >= 0.6 is 0 Å². The summed E-state index contributed by atoms with van der Waals surface area (Å²) in [5.74, 6) is -3.09. The van der Waals surface area contributed by atoms with Crippen LogP contribution in [0.1, 0.15) is 37.0 Å². The fourth-order valence-electron chi connectivity index (χ4n) is 2.68. The minimum absolute atomic E-state index is 0.0215. The predicted octanol–water partition coefficient (Wildman–Crippen LogP) is 3.06. The Labute approximate surface area is 120 Å². The third-order valence-electron chi connectivity index (χ3n) is 3.68. The van der Waals surface area contributed by atoms with Crippen molar-refractivity contribution in [2.75, 3.05) is 6.54 Å². The molecule has 0 saturated carbocycles. The molecule has 1 aromatic heterocycles. The Hall–Kier alpha value is -1.82. The molecule has 3 nitrogen and oxygen atoms in total. The molecule has 0 bridgehead atoms. The van der Waals surface area contributed by atoms with E-state index in [1.165, 1.54) is 6.07 Å². The molecule has 0 saturated heterocycles. The van der Waals surface area contributed by atoms with Crippen molar-refractivity contribution in [3.05, 3.63) is 46.8 Å². The summed E-state index contributed by atoms with van der Waals surface area (Å²) in [5, 5.41) is 3.20. The first-order valence-corrected chi connectivity index (χ1v) is 6.95. The maximum absolute atomic E-state index is 14.2. The van der Waals surface area contributed by atoms with Crippen LogP contribution in [-0.2, 0) is 13.0 Å². The number of imidazole rings is 1. The van der Waals surface area contributed by atoms with Crippen LogP contribution in [0.5, 0.6) is 0 Å². The van der Waals surface area contributed by atoms with E-state index >= 15 is 0 Å². The van der Waals surface area contributed by atoms with Crippen molar-refractivity contribution in [3.8, 4) is 5.69 Å². The van der Waals surface area contributed by atoms with Gasteiger partial charge in [0.05, 0.1) is 11.4 Å². The van der Waals surface area contributed by atoms with E-state index in [2.05, 4.69) is 10.3 Å². The number of hydrogen-bond donors (Lipinski definition) is 1. The zero-order chi connectivity index (χ0) is 15.1. The number of nitrogens with zero attached hydrogens (tertiary/aromatic N) is 2. The summed E-state index contributed by atoms with van der Waals surface area (Å²) in [4.78, 5) is 4.54. The van der Waals surface area contributed by atoms with Crippen LogP contribution < -0.4 is 5.32 Å². The van der Waals surface area contributed by atoms with E-state index in [1.54, 1.807) is 4.57 Å². The highest BCUT2D eigenvalue weighted by atomic mass is 19.2. The summed E-state index contributed by atoms with van der Waals surface area (Å²) < 4.78 is 42.5. The molecule has 21 heavy (non-hydrogen) atoms. The number of rotatable bonds is 2. The molecule has 1 aliphatic rings. The van der Waals surface area contributed by atoms with Crippen LogP contribution in [0.4, 0.5) is 13.2 Å². The van der Waals surface area contributed by atoms with Crippen LogP contribution in [0, 0.1) is 17.5 Å². The van der Waals surface area contributed by atoms with Gasteiger partial charge in [-0.1, -0.05) is 13.8 Å². The average molecular weight is 295 g/mol. The van der Waals surface area contributed by atoms with Gasteiger partial charge in [-0.25, -0.2) is 18.2 Å². The number of fused-ring (bicyclic) bond motifs is 1. The molecular formula is C15H16F3N3. The molecule has 0 amide bonds. The van der Waals surface area contributed by atoms with Crippen LogP contribution in [0.2, 0.25) is 0 Å². The number of benzene rings is 1. The van der Waals surface area contributed by atoms with Crippen molar-refractivity contribution >= 4 is 0 Å². The largest absolute Gasteiger partial charge is 0.311 e. The summed E-state index contributed by atoms with van der Waals surface area (Å²) in [7, 11) is 0. The highest BCUT2D eigenvalue weighted by molar-refractivity contribution is 5.41. The zero-order valence-electron chi connectivity index (χ0n) is 11.9. The molecule has 0 atom stereocenters. The lowest BCUT2D eigenvalue weighted by Gasteiger charge is -2.18. The molecule has 0 aliphatic carbocycles. The molecule has 2 aromatic rings. The second kappa shape index (κ2) is 5.18. The molecule has 1 N–H and O–H groups in total. The lowest BCUT2D eigenvalue weighted by atomic mass is 10.1. The molecule has 3 rings (SSSR count). The highest BCUT2D eigenvalue weighted by Crippen LogP contribution is 2.28. The maximum atomic E-state index is 14.2. The van der Waals surface area contributed by atoms with Crippen molar-refractivity contribution < 1.29 is 13.2 Å². The first-order valence-electron chi connectivity index (χ1n) is 6.95. The molecule has 2 heterocycles. The maximum Gasteiger partial charge on any atom is 0.196 e. The van der Waals surface area contributed by atoms with Crippen molar-refractivity contribution in [2.24, 2.45) is 0 Å². The smallest absolute Gasteiger partial charge is 0.196 e. The first-order chi connectivity index (χ1) is 10.0. The monoisotopic (exact) mass is 295 g/mol. The van der Waals surface area contributed by atoms with Crippen molar-refractivity contribution in [1.82, 2.24) is 14.9 Å². The van der Waals surface area contributed by atoms with Gasteiger partial charge < -0.3 is 5.32 Å². The molecule has 0 fully saturated rings. The standard InChI is InChI=1S/C15H16F3N3/c1-8(2)15-20-10-7-19-6-5-11(10)21(15)12-4-3-9(16)13(17)14(12)18/h3-4,8,19H,5-7H2,1-2H3. The van der Waals surface area contributed by atoms with Gasteiger partial charge >= 0.3 is 0 Å². The fraction of sp³-hybridized carbons (Fsp3) is 0.400. The van der Waals surface area contributed by atoms with Crippen LogP contribution in [0.3, 0.4) is 0 Å². The third kappa shape index (κ3) is 2.23.